The average molecular weight is 262 g/mol. The number of hydrogen-bond acceptors (Lipinski definition) is 4. The normalized spacial score (nSPS) is 16.0. The molecule has 1 saturated carbocycles. The Labute approximate surface area is 96.5 Å². The third kappa shape index (κ3) is 2.71. The molecule has 16 heavy (non-hydrogen) atoms. The summed E-state index contributed by atoms with van der Waals surface area (Å²) in [7, 11) is -3.65. The molecule has 1 aromatic heterocycles. The van der Waals surface area contributed by atoms with Gasteiger partial charge in [-0.05, 0) is 24.3 Å². The van der Waals surface area contributed by atoms with Gasteiger partial charge in [0.25, 0.3) is 10.2 Å². The second-order valence-corrected chi connectivity index (χ2v) is 5.83. The van der Waals surface area contributed by atoms with E-state index in [1.54, 1.807) is 0 Å². The molecule has 3 N–H and O–H groups in total. The van der Waals surface area contributed by atoms with E-state index in [0.717, 1.165) is 24.2 Å². The summed E-state index contributed by atoms with van der Waals surface area (Å²) in [6, 6.07) is 1.42. The fraction of sp³-hybridized carbons (Fsp3) is 0.375. The fourth-order valence-corrected chi connectivity index (χ4v) is 3.09. The van der Waals surface area contributed by atoms with Crippen LogP contribution >= 0.6 is 11.3 Å². The van der Waals surface area contributed by atoms with Crippen molar-refractivity contribution in [1.29, 1.82) is 0 Å². The molecule has 0 amide bonds. The van der Waals surface area contributed by atoms with Gasteiger partial charge in [0.05, 0.1) is 5.69 Å². The van der Waals surface area contributed by atoms with Gasteiger partial charge in [-0.3, -0.25) is 4.72 Å². The Morgan fingerprint density at radius 3 is 2.75 bits per heavy atom. The second kappa shape index (κ2) is 4.04. The van der Waals surface area contributed by atoms with Crippen LogP contribution in [0.3, 0.4) is 0 Å². The van der Waals surface area contributed by atoms with E-state index in [1.165, 1.54) is 11.4 Å². The van der Waals surface area contributed by atoms with Crippen LogP contribution in [0.1, 0.15) is 22.5 Å². The molecule has 0 saturated heterocycles. The van der Waals surface area contributed by atoms with E-state index < -0.39 is 16.2 Å². The maximum absolute atomic E-state index is 11.5. The van der Waals surface area contributed by atoms with Gasteiger partial charge in [-0.2, -0.15) is 13.1 Å². The number of carbonyl (C=O) groups is 1. The zero-order valence-electron chi connectivity index (χ0n) is 8.13. The van der Waals surface area contributed by atoms with Crippen LogP contribution in [0.25, 0.3) is 0 Å². The summed E-state index contributed by atoms with van der Waals surface area (Å²) in [4.78, 5) is 10.7. The maximum Gasteiger partial charge on any atom is 0.348 e. The molecule has 2 rings (SSSR count). The molecule has 8 heteroatoms. The summed E-state index contributed by atoms with van der Waals surface area (Å²) in [5.74, 6) is -1.14. The van der Waals surface area contributed by atoms with Crippen molar-refractivity contribution in [1.82, 2.24) is 4.72 Å². The molecule has 1 aliphatic carbocycles. The lowest BCUT2D eigenvalue weighted by atomic mass is 10.4. The van der Waals surface area contributed by atoms with Gasteiger partial charge in [0.15, 0.2) is 0 Å². The minimum Gasteiger partial charge on any atom is -0.477 e. The zero-order valence-corrected chi connectivity index (χ0v) is 9.77. The molecule has 6 nitrogen and oxygen atoms in total. The first-order chi connectivity index (χ1) is 7.48. The summed E-state index contributed by atoms with van der Waals surface area (Å²) in [5, 5.41) is 10.3. The third-order valence-corrected chi connectivity index (χ3v) is 4.04. The van der Waals surface area contributed by atoms with E-state index in [4.69, 9.17) is 5.11 Å². The highest BCUT2D eigenvalue weighted by Crippen LogP contribution is 2.24. The largest absolute Gasteiger partial charge is 0.477 e. The van der Waals surface area contributed by atoms with Gasteiger partial charge in [-0.1, -0.05) is 0 Å². The quantitative estimate of drug-likeness (QED) is 0.733. The van der Waals surface area contributed by atoms with E-state index in [2.05, 4.69) is 9.44 Å². The Hall–Kier alpha value is -1.12. The first-order valence-corrected chi connectivity index (χ1v) is 6.95. The van der Waals surface area contributed by atoms with E-state index in [1.807, 2.05) is 0 Å². The SMILES string of the molecule is O=C(O)c1sccc1NS(=O)(=O)NC1CC1. The number of rotatable bonds is 5. The lowest BCUT2D eigenvalue weighted by Gasteiger charge is -2.07. The molecule has 0 atom stereocenters. The predicted molar refractivity (Wildman–Crippen MR) is 60.0 cm³/mol. The fourth-order valence-electron chi connectivity index (χ4n) is 1.15. The van der Waals surface area contributed by atoms with Crippen LogP contribution in [0.15, 0.2) is 11.4 Å². The van der Waals surface area contributed by atoms with E-state index >= 15 is 0 Å². The van der Waals surface area contributed by atoms with Crippen molar-refractivity contribution in [3.8, 4) is 0 Å². The number of nitrogens with one attached hydrogen (secondary N) is 2. The lowest BCUT2D eigenvalue weighted by molar-refractivity contribution is 0.0703. The monoisotopic (exact) mass is 262 g/mol. The standard InChI is InChI=1S/C8H10N2O4S2/c11-8(12)7-6(3-4-15-7)10-16(13,14)9-5-1-2-5/h3-5,9-10H,1-2H2,(H,11,12). The van der Waals surface area contributed by atoms with Gasteiger partial charge >= 0.3 is 5.97 Å². The minimum atomic E-state index is -3.65. The molecule has 1 aromatic rings. The van der Waals surface area contributed by atoms with Crippen molar-refractivity contribution in [2.45, 2.75) is 18.9 Å². The summed E-state index contributed by atoms with van der Waals surface area (Å²) in [6.45, 7) is 0. The summed E-state index contributed by atoms with van der Waals surface area (Å²) >= 11 is 0.979. The highest BCUT2D eigenvalue weighted by molar-refractivity contribution is 7.90. The zero-order chi connectivity index (χ0) is 11.8. The van der Waals surface area contributed by atoms with Gasteiger partial charge in [0.2, 0.25) is 0 Å². The molecule has 0 spiro atoms. The van der Waals surface area contributed by atoms with Crippen molar-refractivity contribution < 1.29 is 18.3 Å². The van der Waals surface area contributed by atoms with Gasteiger partial charge in [0, 0.05) is 6.04 Å². The van der Waals surface area contributed by atoms with Gasteiger partial charge in [0.1, 0.15) is 4.88 Å². The van der Waals surface area contributed by atoms with E-state index in [-0.39, 0.29) is 16.6 Å². The number of aromatic carboxylic acids is 1. The predicted octanol–water partition coefficient (Wildman–Crippen LogP) is 0.855. The minimum absolute atomic E-state index is 0.00980. The first-order valence-electron chi connectivity index (χ1n) is 4.59. The second-order valence-electron chi connectivity index (χ2n) is 3.47. The molecular formula is C8H10N2O4S2. The number of carboxylic acid groups (broad SMARTS) is 1. The van der Waals surface area contributed by atoms with Crippen LogP contribution in [0.5, 0.6) is 0 Å². The molecule has 1 heterocycles. The highest BCUT2D eigenvalue weighted by atomic mass is 32.2. The number of anilines is 1. The molecular weight excluding hydrogens is 252 g/mol. The Morgan fingerprint density at radius 2 is 2.19 bits per heavy atom. The Bertz CT molecular complexity index is 504. The van der Waals surface area contributed by atoms with Crippen LogP contribution in [0, 0.1) is 0 Å². The lowest BCUT2D eigenvalue weighted by Crippen LogP contribution is -2.32. The van der Waals surface area contributed by atoms with Crippen molar-refractivity contribution in [2.75, 3.05) is 4.72 Å². The van der Waals surface area contributed by atoms with Crippen molar-refractivity contribution in [3.05, 3.63) is 16.3 Å². The number of thiophene rings is 1. The molecule has 0 unspecified atom stereocenters. The summed E-state index contributed by atoms with van der Waals surface area (Å²) < 4.78 is 27.6. The van der Waals surface area contributed by atoms with Crippen LogP contribution < -0.4 is 9.44 Å². The topological polar surface area (TPSA) is 95.5 Å². The average Bonchev–Trinajstić information content (AvgIpc) is 2.80. The molecule has 0 radical (unpaired) electrons. The van der Waals surface area contributed by atoms with Gasteiger partial charge in [-0.15, -0.1) is 11.3 Å². The summed E-state index contributed by atoms with van der Waals surface area (Å²) in [5.41, 5.74) is 0.102. The molecule has 1 fully saturated rings. The number of carboxylic acids is 1. The first kappa shape index (κ1) is 11.4. The molecule has 0 aliphatic heterocycles. The van der Waals surface area contributed by atoms with E-state index in [9.17, 15) is 13.2 Å². The van der Waals surface area contributed by atoms with Crippen LogP contribution in [0.4, 0.5) is 5.69 Å². The van der Waals surface area contributed by atoms with Crippen molar-refractivity contribution in [2.24, 2.45) is 0 Å². The van der Waals surface area contributed by atoms with Crippen molar-refractivity contribution >= 4 is 33.2 Å². The smallest absolute Gasteiger partial charge is 0.348 e. The number of hydrogen-bond donors (Lipinski definition) is 3. The molecule has 0 bridgehead atoms. The Morgan fingerprint density at radius 1 is 1.50 bits per heavy atom. The molecule has 1 aliphatic rings. The van der Waals surface area contributed by atoms with Gasteiger partial charge < -0.3 is 5.11 Å². The van der Waals surface area contributed by atoms with E-state index in [0.29, 0.717) is 0 Å². The highest BCUT2D eigenvalue weighted by Gasteiger charge is 2.27. The summed E-state index contributed by atoms with van der Waals surface area (Å²) in [6.07, 6.45) is 1.66. The molecule has 0 aromatic carbocycles. The molecule has 88 valence electrons. The van der Waals surface area contributed by atoms with Crippen LogP contribution in [-0.4, -0.2) is 25.5 Å². The maximum atomic E-state index is 11.5. The van der Waals surface area contributed by atoms with Crippen molar-refractivity contribution in [3.63, 3.8) is 0 Å². The van der Waals surface area contributed by atoms with Crippen LogP contribution in [0.2, 0.25) is 0 Å². The van der Waals surface area contributed by atoms with Crippen LogP contribution in [-0.2, 0) is 10.2 Å². The van der Waals surface area contributed by atoms with Gasteiger partial charge in [-0.25, -0.2) is 4.79 Å². The Balaban J connectivity index is 2.13. The third-order valence-electron chi connectivity index (χ3n) is 2.00. The Kier molecular flexibility index (Phi) is 2.87.